The number of carboxylic acids is 1. The number of aryl methyl sites for hydroxylation is 1. The molecule has 1 aromatic heterocycles. The van der Waals surface area contributed by atoms with E-state index in [0.717, 1.165) is 30.8 Å². The fourth-order valence-electron chi connectivity index (χ4n) is 3.73. The number of aromatic carboxylic acids is 1. The van der Waals surface area contributed by atoms with Gasteiger partial charge < -0.3 is 14.6 Å². The SMILES string of the molecule is CN1CCC(N(C)Cc2c(Cl)cc(Cl)c(=O)n2CCc2ccc(C(=O)O)cc2)C1. The second kappa shape index (κ2) is 9.30. The van der Waals surface area contributed by atoms with Crippen LogP contribution >= 0.6 is 23.2 Å². The zero-order valence-corrected chi connectivity index (χ0v) is 18.1. The number of likely N-dealkylation sites (N-methyl/N-ethyl adjacent to an activating group) is 2. The maximum atomic E-state index is 12.7. The van der Waals surface area contributed by atoms with Crippen molar-refractivity contribution < 1.29 is 9.90 Å². The number of likely N-dealkylation sites (tertiary alicyclic amines) is 1. The number of rotatable bonds is 7. The molecule has 0 amide bonds. The topological polar surface area (TPSA) is 65.8 Å². The van der Waals surface area contributed by atoms with Gasteiger partial charge in [-0.25, -0.2) is 4.79 Å². The Bertz CT molecular complexity index is 943. The molecule has 29 heavy (non-hydrogen) atoms. The van der Waals surface area contributed by atoms with Crippen molar-refractivity contribution in [3.63, 3.8) is 0 Å². The van der Waals surface area contributed by atoms with Gasteiger partial charge in [0.2, 0.25) is 0 Å². The Balaban J connectivity index is 1.81. The van der Waals surface area contributed by atoms with Crippen LogP contribution in [0, 0.1) is 0 Å². The molecule has 0 spiro atoms. The second-order valence-electron chi connectivity index (χ2n) is 7.62. The molecule has 1 N–H and O–H groups in total. The third kappa shape index (κ3) is 5.20. The summed E-state index contributed by atoms with van der Waals surface area (Å²) in [4.78, 5) is 28.3. The normalized spacial score (nSPS) is 17.2. The van der Waals surface area contributed by atoms with Crippen LogP contribution in [0.5, 0.6) is 0 Å². The van der Waals surface area contributed by atoms with Crippen molar-refractivity contribution in [1.29, 1.82) is 0 Å². The molecule has 0 aliphatic carbocycles. The summed E-state index contributed by atoms with van der Waals surface area (Å²) >= 11 is 12.6. The molecule has 0 saturated carbocycles. The smallest absolute Gasteiger partial charge is 0.335 e. The summed E-state index contributed by atoms with van der Waals surface area (Å²) < 4.78 is 1.64. The number of hydrogen-bond donors (Lipinski definition) is 1. The zero-order valence-electron chi connectivity index (χ0n) is 16.6. The Hall–Kier alpha value is -1.86. The van der Waals surface area contributed by atoms with Crippen LogP contribution in [0.3, 0.4) is 0 Å². The number of aromatic nitrogens is 1. The minimum absolute atomic E-state index is 0.100. The average molecular weight is 438 g/mol. The van der Waals surface area contributed by atoms with Gasteiger partial charge in [0.25, 0.3) is 5.56 Å². The lowest BCUT2D eigenvalue weighted by molar-refractivity contribution is 0.0697. The molecule has 1 aliphatic heterocycles. The highest BCUT2D eigenvalue weighted by Gasteiger charge is 2.25. The van der Waals surface area contributed by atoms with Crippen molar-refractivity contribution in [2.45, 2.75) is 32.0 Å². The maximum absolute atomic E-state index is 12.7. The van der Waals surface area contributed by atoms with Gasteiger partial charge in [-0.2, -0.15) is 0 Å². The number of benzene rings is 1. The molecule has 2 aromatic rings. The summed E-state index contributed by atoms with van der Waals surface area (Å²) in [5, 5.41) is 9.61. The molecular weight excluding hydrogens is 413 g/mol. The molecule has 8 heteroatoms. The fourth-order valence-corrected chi connectivity index (χ4v) is 4.26. The molecule has 6 nitrogen and oxygen atoms in total. The zero-order chi connectivity index (χ0) is 21.1. The van der Waals surface area contributed by atoms with E-state index < -0.39 is 5.97 Å². The van der Waals surface area contributed by atoms with E-state index in [2.05, 4.69) is 16.8 Å². The molecule has 0 bridgehead atoms. The van der Waals surface area contributed by atoms with E-state index in [4.69, 9.17) is 28.3 Å². The molecule has 1 saturated heterocycles. The predicted octanol–water partition coefficient (Wildman–Crippen LogP) is 3.23. The van der Waals surface area contributed by atoms with Crippen molar-refractivity contribution >= 4 is 29.2 Å². The number of pyridine rings is 1. The van der Waals surface area contributed by atoms with Crippen molar-refractivity contribution in [1.82, 2.24) is 14.4 Å². The van der Waals surface area contributed by atoms with Gasteiger partial charge in [-0.1, -0.05) is 35.3 Å². The van der Waals surface area contributed by atoms with E-state index in [-0.39, 0.29) is 16.1 Å². The predicted molar refractivity (Wildman–Crippen MR) is 115 cm³/mol. The van der Waals surface area contributed by atoms with Crippen LogP contribution in [0.2, 0.25) is 10.0 Å². The first-order valence-corrected chi connectivity index (χ1v) is 10.3. The number of nitrogens with zero attached hydrogens (tertiary/aromatic N) is 3. The average Bonchev–Trinajstić information content (AvgIpc) is 3.12. The largest absolute Gasteiger partial charge is 0.478 e. The van der Waals surface area contributed by atoms with Crippen LogP contribution in [0.4, 0.5) is 0 Å². The van der Waals surface area contributed by atoms with Crippen molar-refractivity contribution in [2.24, 2.45) is 0 Å². The van der Waals surface area contributed by atoms with Crippen molar-refractivity contribution in [3.8, 4) is 0 Å². The summed E-state index contributed by atoms with van der Waals surface area (Å²) in [5.41, 5.74) is 1.67. The van der Waals surface area contributed by atoms with Gasteiger partial charge in [0.1, 0.15) is 5.02 Å². The Kier molecular flexibility index (Phi) is 7.01. The van der Waals surface area contributed by atoms with Gasteiger partial charge in [-0.3, -0.25) is 9.69 Å². The van der Waals surface area contributed by atoms with E-state index >= 15 is 0 Å². The molecule has 1 fully saturated rings. The van der Waals surface area contributed by atoms with Gasteiger partial charge >= 0.3 is 5.97 Å². The second-order valence-corrected chi connectivity index (χ2v) is 8.43. The molecule has 0 radical (unpaired) electrons. The molecule has 1 unspecified atom stereocenters. The standard InChI is InChI=1S/C21H25Cl2N3O3/c1-24-9-8-16(12-24)25(2)13-19-17(22)11-18(23)20(27)26(19)10-7-14-3-5-15(6-4-14)21(28)29/h3-6,11,16H,7-10,12-13H2,1-2H3,(H,28,29). The summed E-state index contributed by atoms with van der Waals surface area (Å²) in [7, 11) is 4.16. The van der Waals surface area contributed by atoms with Crippen LogP contribution in [0.15, 0.2) is 35.1 Å². The highest BCUT2D eigenvalue weighted by molar-refractivity contribution is 6.34. The number of halogens is 2. The minimum atomic E-state index is -0.961. The van der Waals surface area contributed by atoms with Crippen molar-refractivity contribution in [3.05, 3.63) is 67.6 Å². The first-order valence-electron chi connectivity index (χ1n) is 9.55. The Morgan fingerprint density at radius 3 is 2.52 bits per heavy atom. The molecule has 1 atom stereocenters. The van der Waals surface area contributed by atoms with Gasteiger partial charge in [0.05, 0.1) is 16.3 Å². The monoisotopic (exact) mass is 437 g/mol. The first-order chi connectivity index (χ1) is 13.8. The third-order valence-electron chi connectivity index (χ3n) is 5.52. The van der Waals surface area contributed by atoms with Crippen LogP contribution in [0.25, 0.3) is 0 Å². The lowest BCUT2D eigenvalue weighted by atomic mass is 10.1. The van der Waals surface area contributed by atoms with Gasteiger partial charge in [-0.05, 0) is 57.2 Å². The Labute approximate surface area is 180 Å². The van der Waals surface area contributed by atoms with E-state index in [1.54, 1.807) is 28.8 Å². The molecular formula is C21H25Cl2N3O3. The molecule has 3 rings (SSSR count). The molecule has 156 valence electrons. The molecule has 1 aromatic carbocycles. The van der Waals surface area contributed by atoms with Crippen LogP contribution < -0.4 is 5.56 Å². The Morgan fingerprint density at radius 1 is 1.24 bits per heavy atom. The van der Waals surface area contributed by atoms with Crippen LogP contribution in [-0.2, 0) is 19.5 Å². The lowest BCUT2D eigenvalue weighted by Crippen LogP contribution is -2.36. The highest BCUT2D eigenvalue weighted by atomic mass is 35.5. The van der Waals surface area contributed by atoms with Crippen LogP contribution in [0.1, 0.15) is 28.0 Å². The quantitative estimate of drug-likeness (QED) is 0.719. The van der Waals surface area contributed by atoms with Gasteiger partial charge in [0.15, 0.2) is 0 Å². The highest BCUT2D eigenvalue weighted by Crippen LogP contribution is 2.22. The van der Waals surface area contributed by atoms with Gasteiger partial charge in [0, 0.05) is 25.7 Å². The Morgan fingerprint density at radius 2 is 1.93 bits per heavy atom. The number of carboxylic acid groups (broad SMARTS) is 1. The summed E-state index contributed by atoms with van der Waals surface area (Å²) in [5.74, 6) is -0.961. The summed E-state index contributed by atoms with van der Waals surface area (Å²) in [6, 6.07) is 8.60. The van der Waals surface area contributed by atoms with Crippen LogP contribution in [-0.4, -0.2) is 58.7 Å². The van der Waals surface area contributed by atoms with Crippen molar-refractivity contribution in [2.75, 3.05) is 27.2 Å². The van der Waals surface area contributed by atoms with E-state index in [9.17, 15) is 9.59 Å². The third-order valence-corrected chi connectivity index (χ3v) is 6.12. The fraction of sp³-hybridized carbons (Fsp3) is 0.429. The van der Waals surface area contributed by atoms with E-state index in [0.29, 0.717) is 30.6 Å². The minimum Gasteiger partial charge on any atom is -0.478 e. The summed E-state index contributed by atoms with van der Waals surface area (Å²) in [6.45, 7) is 3.02. The number of hydrogen-bond acceptors (Lipinski definition) is 4. The first kappa shape index (κ1) is 21.8. The van der Waals surface area contributed by atoms with E-state index in [1.165, 1.54) is 6.07 Å². The molecule has 2 heterocycles. The summed E-state index contributed by atoms with van der Waals surface area (Å²) in [6.07, 6.45) is 1.65. The van der Waals surface area contributed by atoms with Gasteiger partial charge in [-0.15, -0.1) is 0 Å². The van der Waals surface area contributed by atoms with E-state index in [1.807, 2.05) is 7.05 Å². The lowest BCUT2D eigenvalue weighted by Gasteiger charge is -2.26. The maximum Gasteiger partial charge on any atom is 0.335 e. The molecule has 1 aliphatic rings. The number of carbonyl (C=O) groups is 1.